The van der Waals surface area contributed by atoms with Crippen LogP contribution < -0.4 is 10.1 Å². The van der Waals surface area contributed by atoms with Crippen LogP contribution in [0, 0.1) is 6.92 Å². The number of quaternary nitrogens is 1. The van der Waals surface area contributed by atoms with Crippen molar-refractivity contribution in [2.24, 2.45) is 0 Å². The maximum atomic E-state index is 12.9. The molecule has 1 aromatic heterocycles. The summed E-state index contributed by atoms with van der Waals surface area (Å²) in [5.74, 6) is 0.719. The van der Waals surface area contributed by atoms with Crippen LogP contribution in [0.5, 0.6) is 5.75 Å². The second-order valence-corrected chi connectivity index (χ2v) is 9.08. The smallest absolute Gasteiger partial charge is 0.387 e. The first-order chi connectivity index (χ1) is 13.8. The zero-order valence-electron chi connectivity index (χ0n) is 15.8. The van der Waals surface area contributed by atoms with Gasteiger partial charge in [0.2, 0.25) is 5.82 Å². The molecule has 2 N–H and O–H groups in total. The van der Waals surface area contributed by atoms with E-state index in [2.05, 4.69) is 4.98 Å². The first-order valence-electron chi connectivity index (χ1n) is 9.07. The minimum absolute atomic E-state index is 0.00451. The summed E-state index contributed by atoms with van der Waals surface area (Å²) in [4.78, 5) is 4.63. The number of nitrogens with two attached hydrogens (primary N) is 1. The molecule has 0 aliphatic carbocycles. The molecule has 0 fully saturated rings. The van der Waals surface area contributed by atoms with Gasteiger partial charge in [0.25, 0.3) is 0 Å². The molecule has 1 aliphatic heterocycles. The lowest BCUT2D eigenvalue weighted by atomic mass is 9.94. The Morgan fingerprint density at radius 3 is 2.66 bits per heavy atom. The molecule has 0 bridgehead atoms. The summed E-state index contributed by atoms with van der Waals surface area (Å²) in [5, 5.41) is 1.72. The lowest BCUT2D eigenvalue weighted by molar-refractivity contribution is -0.478. The predicted octanol–water partition coefficient (Wildman–Crippen LogP) is 3.96. The summed E-state index contributed by atoms with van der Waals surface area (Å²) in [6.45, 7) is 0.545. The zero-order valence-corrected chi connectivity index (χ0v) is 16.6. The van der Waals surface area contributed by atoms with Gasteiger partial charge < -0.3 is 4.74 Å². The van der Waals surface area contributed by atoms with Crippen molar-refractivity contribution in [3.8, 4) is 28.0 Å². The van der Waals surface area contributed by atoms with E-state index < -0.39 is 16.4 Å². The number of benzene rings is 2. The van der Waals surface area contributed by atoms with Crippen LogP contribution in [0.2, 0.25) is 0 Å². The maximum Gasteiger partial charge on any atom is 0.387 e. The molecule has 1 aliphatic rings. The van der Waals surface area contributed by atoms with Crippen molar-refractivity contribution in [1.29, 1.82) is 0 Å². The first kappa shape index (κ1) is 19.5. The van der Waals surface area contributed by atoms with Crippen LogP contribution in [-0.2, 0) is 9.84 Å². The van der Waals surface area contributed by atoms with Crippen molar-refractivity contribution in [2.75, 3.05) is 5.75 Å². The Kier molecular flexibility index (Phi) is 4.84. The van der Waals surface area contributed by atoms with Gasteiger partial charge >= 0.3 is 6.61 Å². The zero-order chi connectivity index (χ0) is 20.8. The summed E-state index contributed by atoms with van der Waals surface area (Å²) in [7, 11) is -3.38. The van der Waals surface area contributed by atoms with Gasteiger partial charge in [-0.2, -0.15) is 8.78 Å². The van der Waals surface area contributed by atoms with Gasteiger partial charge in [0.15, 0.2) is 21.3 Å². The van der Waals surface area contributed by atoms with E-state index >= 15 is 0 Å². The first-order valence-corrected chi connectivity index (χ1v) is 10.7. The van der Waals surface area contributed by atoms with Crippen LogP contribution in [-0.4, -0.2) is 25.8 Å². The minimum Gasteiger partial charge on any atom is -0.428 e. The Morgan fingerprint density at radius 1 is 1.14 bits per heavy atom. The molecule has 0 spiro atoms. The van der Waals surface area contributed by atoms with E-state index in [1.807, 2.05) is 13.0 Å². The third kappa shape index (κ3) is 3.49. The molecule has 5 nitrogen and oxygen atoms in total. The second kappa shape index (κ2) is 7.20. The van der Waals surface area contributed by atoms with E-state index in [9.17, 15) is 17.2 Å². The highest BCUT2D eigenvalue weighted by molar-refractivity contribution is 7.91. The summed E-state index contributed by atoms with van der Waals surface area (Å²) < 4.78 is 55.2. The van der Waals surface area contributed by atoms with Crippen molar-refractivity contribution >= 4 is 21.3 Å². The minimum atomic E-state index is -3.38. The summed E-state index contributed by atoms with van der Waals surface area (Å²) >= 11 is 0. The van der Waals surface area contributed by atoms with E-state index in [1.165, 1.54) is 6.07 Å². The van der Waals surface area contributed by atoms with Crippen LogP contribution >= 0.6 is 0 Å². The number of halogens is 2. The number of hydrogen-bond acceptors (Lipinski definition) is 4. The molecule has 2 aromatic carbocycles. The molecular formula is C21H19F2N2O3S+. The Labute approximate surface area is 167 Å². The number of aryl methyl sites for hydroxylation is 1. The molecule has 2 heterocycles. The average molecular weight is 417 g/mol. The lowest BCUT2D eigenvalue weighted by Crippen LogP contribution is -2.70. The quantitative estimate of drug-likeness (QED) is 0.499. The normalized spacial score (nSPS) is 12.7. The summed E-state index contributed by atoms with van der Waals surface area (Å²) in [6, 6.07) is 11.8. The Bertz CT molecular complexity index is 1210. The van der Waals surface area contributed by atoms with E-state index in [4.69, 9.17) is 4.74 Å². The standard InChI is InChI=1S/C21H18F2N2O3S/c1-3-29(26,27)14-6-4-5-13(10-14)15-7-8-17(28-21(22)23)19-18(15)16-9-12(2)11-24-20(16)25-19/h4-11,21H,3H2,1-2H3,(H,24,25)/p+1. The number of alkyl halides is 2. The van der Waals surface area contributed by atoms with Gasteiger partial charge in [0, 0.05) is 6.20 Å². The Balaban J connectivity index is 1.95. The molecule has 0 saturated carbocycles. The lowest BCUT2D eigenvalue weighted by Gasteiger charge is -2.12. The van der Waals surface area contributed by atoms with Gasteiger partial charge in [0.05, 0.1) is 21.8 Å². The maximum absolute atomic E-state index is 12.9. The summed E-state index contributed by atoms with van der Waals surface area (Å²) in [5.41, 5.74) is 4.37. The van der Waals surface area contributed by atoms with E-state index in [0.29, 0.717) is 22.6 Å². The van der Waals surface area contributed by atoms with E-state index in [-0.39, 0.29) is 16.4 Å². The molecule has 0 amide bonds. The van der Waals surface area contributed by atoms with Gasteiger partial charge in [-0.1, -0.05) is 19.1 Å². The molecule has 0 saturated heterocycles. The number of rotatable bonds is 5. The number of aromatic nitrogens is 1. The molecule has 0 radical (unpaired) electrons. The highest BCUT2D eigenvalue weighted by Gasteiger charge is 2.32. The number of sulfone groups is 1. The number of nitrogens with zero attached hydrogens (tertiary/aromatic N) is 1. The molecule has 3 aromatic rings. The Hall–Kier alpha value is -2.84. The summed E-state index contributed by atoms with van der Waals surface area (Å²) in [6.07, 6.45) is 1.71. The molecule has 150 valence electrons. The molecule has 8 heteroatoms. The van der Waals surface area contributed by atoms with Crippen molar-refractivity contribution < 1.29 is 27.3 Å². The van der Waals surface area contributed by atoms with Crippen molar-refractivity contribution in [3.63, 3.8) is 0 Å². The molecular weight excluding hydrogens is 398 g/mol. The number of hydrogen-bond donors (Lipinski definition) is 1. The topological polar surface area (TPSA) is 72.9 Å². The number of ether oxygens (including phenoxy) is 1. The van der Waals surface area contributed by atoms with Crippen molar-refractivity contribution in [2.45, 2.75) is 25.4 Å². The third-order valence-corrected chi connectivity index (χ3v) is 6.64. The SMILES string of the molecule is CCS(=O)(=O)c1cccc(-c2ccc(OC(F)F)c3c2-c2cc(C)cnc2[NH2+]3)c1. The van der Waals surface area contributed by atoms with Crippen LogP contribution in [0.3, 0.4) is 0 Å². The number of fused-ring (bicyclic) bond motifs is 3. The van der Waals surface area contributed by atoms with E-state index in [1.54, 1.807) is 48.8 Å². The van der Waals surface area contributed by atoms with Crippen LogP contribution in [0.25, 0.3) is 22.3 Å². The van der Waals surface area contributed by atoms with E-state index in [0.717, 1.165) is 16.7 Å². The fraction of sp³-hybridized carbons (Fsp3) is 0.190. The molecule has 4 rings (SSSR count). The fourth-order valence-electron chi connectivity index (χ4n) is 3.53. The Morgan fingerprint density at radius 2 is 1.93 bits per heavy atom. The molecule has 0 unspecified atom stereocenters. The van der Waals surface area contributed by atoms with Crippen molar-refractivity contribution in [1.82, 2.24) is 4.98 Å². The molecule has 0 atom stereocenters. The van der Waals surface area contributed by atoms with Gasteiger partial charge in [-0.15, -0.1) is 0 Å². The average Bonchev–Trinajstić information content (AvgIpc) is 3.07. The molecule has 29 heavy (non-hydrogen) atoms. The second-order valence-electron chi connectivity index (χ2n) is 6.80. The van der Waals surface area contributed by atoms with Gasteiger partial charge in [-0.25, -0.2) is 13.4 Å². The monoisotopic (exact) mass is 417 g/mol. The van der Waals surface area contributed by atoms with Crippen molar-refractivity contribution in [3.05, 3.63) is 54.2 Å². The van der Waals surface area contributed by atoms with Crippen LogP contribution in [0.1, 0.15) is 12.5 Å². The largest absolute Gasteiger partial charge is 0.428 e. The van der Waals surface area contributed by atoms with Gasteiger partial charge in [-0.3, -0.25) is 5.32 Å². The van der Waals surface area contributed by atoms with Crippen LogP contribution in [0.4, 0.5) is 20.3 Å². The van der Waals surface area contributed by atoms with Crippen LogP contribution in [0.15, 0.2) is 53.6 Å². The van der Waals surface area contributed by atoms with Gasteiger partial charge in [-0.05, 0) is 53.9 Å². The highest BCUT2D eigenvalue weighted by atomic mass is 32.2. The predicted molar refractivity (Wildman–Crippen MR) is 105 cm³/mol. The third-order valence-electron chi connectivity index (χ3n) is 4.91. The highest BCUT2D eigenvalue weighted by Crippen LogP contribution is 2.46. The van der Waals surface area contributed by atoms with Gasteiger partial charge in [0.1, 0.15) is 0 Å². The number of pyridine rings is 1. The fourth-order valence-corrected chi connectivity index (χ4v) is 4.45.